The first kappa shape index (κ1) is 18.0. The van der Waals surface area contributed by atoms with Gasteiger partial charge in [0, 0.05) is 19.6 Å². The number of ether oxygens (including phenoxy) is 1. The number of amides is 2. The van der Waals surface area contributed by atoms with E-state index in [4.69, 9.17) is 16.3 Å². The molecule has 1 unspecified atom stereocenters. The van der Waals surface area contributed by atoms with Gasteiger partial charge in [-0.25, -0.2) is 9.78 Å². The summed E-state index contributed by atoms with van der Waals surface area (Å²) in [6, 6.07) is 3.21. The molecule has 8 heteroatoms. The van der Waals surface area contributed by atoms with Gasteiger partial charge in [0.25, 0.3) is 0 Å². The minimum atomic E-state index is -0.558. The fraction of sp³-hybridized carbons (Fsp3) is 0.533. The van der Waals surface area contributed by atoms with Crippen LogP contribution in [0.15, 0.2) is 16.7 Å². The van der Waals surface area contributed by atoms with Crippen LogP contribution in [0.1, 0.15) is 32.4 Å². The molecule has 1 atom stereocenters. The fourth-order valence-electron chi connectivity index (χ4n) is 2.39. The number of aromatic nitrogens is 1. The van der Waals surface area contributed by atoms with Crippen LogP contribution in [0.5, 0.6) is 0 Å². The minimum Gasteiger partial charge on any atom is -0.444 e. The standard InChI is InChI=1S/C15H19BrClN3O3/c1-15(2,3)23-14(22)19-4-5-20(9-21)11(8-19)10-6-12(16)18-13(17)7-10/h6-7,9,11H,4-5,8H2,1-3H3. The van der Waals surface area contributed by atoms with Crippen molar-refractivity contribution < 1.29 is 14.3 Å². The Hall–Kier alpha value is -1.34. The van der Waals surface area contributed by atoms with Crippen molar-refractivity contribution in [2.24, 2.45) is 0 Å². The quantitative estimate of drug-likeness (QED) is 0.561. The summed E-state index contributed by atoms with van der Waals surface area (Å²) in [5, 5.41) is 0.328. The molecule has 0 spiro atoms. The molecule has 1 aliphatic rings. The monoisotopic (exact) mass is 403 g/mol. The van der Waals surface area contributed by atoms with Gasteiger partial charge in [0.15, 0.2) is 0 Å². The van der Waals surface area contributed by atoms with Crippen molar-refractivity contribution >= 4 is 40.0 Å². The maximum absolute atomic E-state index is 12.3. The molecule has 1 saturated heterocycles. The van der Waals surface area contributed by atoms with Gasteiger partial charge in [0.05, 0.1) is 6.04 Å². The minimum absolute atomic E-state index is 0.287. The van der Waals surface area contributed by atoms with E-state index >= 15 is 0 Å². The zero-order chi connectivity index (χ0) is 17.2. The van der Waals surface area contributed by atoms with Crippen LogP contribution < -0.4 is 0 Å². The van der Waals surface area contributed by atoms with Gasteiger partial charge in [-0.1, -0.05) is 11.6 Å². The van der Waals surface area contributed by atoms with E-state index in [0.29, 0.717) is 29.4 Å². The lowest BCUT2D eigenvalue weighted by Crippen LogP contribution is -2.51. The third-order valence-corrected chi connectivity index (χ3v) is 3.98. The van der Waals surface area contributed by atoms with E-state index in [0.717, 1.165) is 12.0 Å². The van der Waals surface area contributed by atoms with Crippen LogP contribution in [0.4, 0.5) is 4.79 Å². The van der Waals surface area contributed by atoms with Gasteiger partial charge in [-0.2, -0.15) is 0 Å². The molecule has 0 saturated carbocycles. The van der Waals surface area contributed by atoms with Gasteiger partial charge < -0.3 is 14.5 Å². The molecule has 1 fully saturated rings. The summed E-state index contributed by atoms with van der Waals surface area (Å²) in [7, 11) is 0. The molecule has 2 amide bonds. The van der Waals surface area contributed by atoms with Crippen LogP contribution in [0.2, 0.25) is 5.15 Å². The molecule has 1 aliphatic heterocycles. The molecule has 1 aromatic rings. The molecule has 1 aromatic heterocycles. The highest BCUT2D eigenvalue weighted by atomic mass is 79.9. The Morgan fingerprint density at radius 1 is 1.43 bits per heavy atom. The maximum Gasteiger partial charge on any atom is 0.410 e. The largest absolute Gasteiger partial charge is 0.444 e. The Labute approximate surface area is 148 Å². The second kappa shape index (κ2) is 7.05. The molecular weight excluding hydrogens is 386 g/mol. The molecule has 0 aromatic carbocycles. The number of piperazine rings is 1. The van der Waals surface area contributed by atoms with Crippen molar-refractivity contribution in [3.8, 4) is 0 Å². The van der Waals surface area contributed by atoms with E-state index in [1.54, 1.807) is 21.9 Å². The number of carbonyl (C=O) groups is 2. The van der Waals surface area contributed by atoms with E-state index < -0.39 is 5.60 Å². The molecule has 0 bridgehead atoms. The Bertz CT molecular complexity index is 586. The second-order valence-corrected chi connectivity index (χ2v) is 7.53. The normalized spacial score (nSPS) is 18.7. The van der Waals surface area contributed by atoms with E-state index in [1.807, 2.05) is 20.8 Å². The SMILES string of the molecule is CC(C)(C)OC(=O)N1CCN(C=O)C(c2cc(Cl)nc(Br)c2)C1. The van der Waals surface area contributed by atoms with E-state index in [2.05, 4.69) is 20.9 Å². The molecule has 0 N–H and O–H groups in total. The lowest BCUT2D eigenvalue weighted by molar-refractivity contribution is -0.122. The lowest BCUT2D eigenvalue weighted by Gasteiger charge is -2.40. The number of hydrogen-bond acceptors (Lipinski definition) is 4. The molecular formula is C15H19BrClN3O3. The molecule has 0 aliphatic carbocycles. The molecule has 126 valence electrons. The predicted octanol–water partition coefficient (Wildman–Crippen LogP) is 3.25. The van der Waals surface area contributed by atoms with Crippen molar-refractivity contribution in [2.75, 3.05) is 19.6 Å². The van der Waals surface area contributed by atoms with Gasteiger partial charge in [0.2, 0.25) is 6.41 Å². The zero-order valence-corrected chi connectivity index (χ0v) is 15.6. The maximum atomic E-state index is 12.3. The van der Waals surface area contributed by atoms with Crippen molar-refractivity contribution in [1.29, 1.82) is 0 Å². The number of rotatable bonds is 2. The first-order valence-electron chi connectivity index (χ1n) is 7.21. The zero-order valence-electron chi connectivity index (χ0n) is 13.3. The number of hydrogen-bond donors (Lipinski definition) is 0. The molecule has 6 nitrogen and oxygen atoms in total. The average molecular weight is 405 g/mol. The number of halogens is 2. The Morgan fingerprint density at radius 2 is 2.13 bits per heavy atom. The summed E-state index contributed by atoms with van der Waals surface area (Å²) >= 11 is 9.29. The fourth-order valence-corrected chi connectivity index (χ4v) is 3.16. The lowest BCUT2D eigenvalue weighted by atomic mass is 10.0. The van der Waals surface area contributed by atoms with E-state index in [-0.39, 0.29) is 12.1 Å². The van der Waals surface area contributed by atoms with Gasteiger partial charge in [-0.15, -0.1) is 0 Å². The first-order chi connectivity index (χ1) is 10.7. The van der Waals surface area contributed by atoms with Gasteiger partial charge in [0.1, 0.15) is 15.4 Å². The topological polar surface area (TPSA) is 62.7 Å². The first-order valence-corrected chi connectivity index (χ1v) is 8.38. The highest BCUT2D eigenvalue weighted by Gasteiger charge is 2.32. The number of nitrogens with zero attached hydrogens (tertiary/aromatic N) is 3. The number of carbonyl (C=O) groups excluding carboxylic acids is 2. The third-order valence-electron chi connectivity index (χ3n) is 3.38. The van der Waals surface area contributed by atoms with Crippen molar-refractivity contribution in [3.63, 3.8) is 0 Å². The van der Waals surface area contributed by atoms with Crippen LogP contribution in [-0.2, 0) is 9.53 Å². The summed E-state index contributed by atoms with van der Waals surface area (Å²) in [5.74, 6) is 0. The summed E-state index contributed by atoms with van der Waals surface area (Å²) in [4.78, 5) is 30.9. The summed E-state index contributed by atoms with van der Waals surface area (Å²) in [5.41, 5.74) is 0.259. The Balaban J connectivity index is 2.21. The van der Waals surface area contributed by atoms with Crippen LogP contribution in [0.3, 0.4) is 0 Å². The Kier molecular flexibility index (Phi) is 5.52. The highest BCUT2D eigenvalue weighted by molar-refractivity contribution is 9.10. The van der Waals surface area contributed by atoms with Gasteiger partial charge >= 0.3 is 6.09 Å². The second-order valence-electron chi connectivity index (χ2n) is 6.33. The van der Waals surface area contributed by atoms with Crippen molar-refractivity contribution in [2.45, 2.75) is 32.4 Å². The van der Waals surface area contributed by atoms with Crippen molar-refractivity contribution in [1.82, 2.24) is 14.8 Å². The molecule has 2 rings (SSSR count). The number of pyridine rings is 1. The van der Waals surface area contributed by atoms with Crippen LogP contribution in [-0.4, -0.2) is 52.5 Å². The van der Waals surface area contributed by atoms with E-state index in [9.17, 15) is 9.59 Å². The van der Waals surface area contributed by atoms with Crippen LogP contribution >= 0.6 is 27.5 Å². The molecule has 2 heterocycles. The van der Waals surface area contributed by atoms with Gasteiger partial charge in [-0.3, -0.25) is 4.79 Å². The smallest absolute Gasteiger partial charge is 0.410 e. The average Bonchev–Trinajstić information content (AvgIpc) is 2.43. The van der Waals surface area contributed by atoms with Crippen LogP contribution in [0, 0.1) is 0 Å². The summed E-state index contributed by atoms with van der Waals surface area (Å²) in [6.45, 7) is 6.69. The van der Waals surface area contributed by atoms with Gasteiger partial charge in [-0.05, 0) is 54.4 Å². The van der Waals surface area contributed by atoms with E-state index in [1.165, 1.54) is 0 Å². The van der Waals surface area contributed by atoms with Crippen molar-refractivity contribution in [3.05, 3.63) is 27.5 Å². The highest BCUT2D eigenvalue weighted by Crippen LogP contribution is 2.28. The molecule has 23 heavy (non-hydrogen) atoms. The van der Waals surface area contributed by atoms with Crippen LogP contribution in [0.25, 0.3) is 0 Å². The molecule has 0 radical (unpaired) electrons. The Morgan fingerprint density at radius 3 is 2.70 bits per heavy atom. The third kappa shape index (κ3) is 4.81. The predicted molar refractivity (Wildman–Crippen MR) is 90.3 cm³/mol. The summed E-state index contributed by atoms with van der Waals surface area (Å²) in [6.07, 6.45) is 0.409. The summed E-state index contributed by atoms with van der Waals surface area (Å²) < 4.78 is 5.99.